The second-order valence-corrected chi connectivity index (χ2v) is 11.1. The van der Waals surface area contributed by atoms with Gasteiger partial charge in [0.15, 0.2) is 5.52 Å². The molecular formula is C31H40N8O10S. The van der Waals surface area contributed by atoms with Gasteiger partial charge in [-0.05, 0) is 37.1 Å². The van der Waals surface area contributed by atoms with Crippen LogP contribution in [-0.4, -0.2) is 106 Å². The Bertz CT molecular complexity index is 1720. The number of aryl methyl sites for hydroxylation is 1. The minimum Gasteiger partial charge on any atom is -0.480 e. The minimum atomic E-state index is -1.31. The van der Waals surface area contributed by atoms with Crippen LogP contribution in [0.1, 0.15) is 41.4 Å². The fourth-order valence-electron chi connectivity index (χ4n) is 4.50. The predicted molar refractivity (Wildman–Crippen MR) is 184 cm³/mol. The number of fused-ring (bicyclic) bond motifs is 1. The van der Waals surface area contributed by atoms with E-state index in [2.05, 4.69) is 48.8 Å². The lowest BCUT2D eigenvalue weighted by atomic mass is 10.1. The van der Waals surface area contributed by atoms with Crippen LogP contribution in [0.5, 0.6) is 0 Å². The molecule has 2 heterocycles. The Labute approximate surface area is 291 Å². The monoisotopic (exact) mass is 716 g/mol. The number of pyridine rings is 1. The van der Waals surface area contributed by atoms with Gasteiger partial charge in [0.2, 0.25) is 11.8 Å². The summed E-state index contributed by atoms with van der Waals surface area (Å²) in [6, 6.07) is 3.84. The summed E-state index contributed by atoms with van der Waals surface area (Å²) < 4.78 is 10.4. The fraction of sp³-hybridized carbons (Fsp3) is 0.419. The number of carboxylic acids is 2. The molecule has 0 aliphatic rings. The van der Waals surface area contributed by atoms with Crippen molar-refractivity contribution < 1.29 is 43.7 Å². The van der Waals surface area contributed by atoms with Gasteiger partial charge in [-0.3, -0.25) is 24.2 Å². The van der Waals surface area contributed by atoms with Crippen LogP contribution in [-0.2, 0) is 41.6 Å². The number of anilines is 2. The first kappa shape index (κ1) is 39.2. The van der Waals surface area contributed by atoms with Gasteiger partial charge in [-0.25, -0.2) is 14.6 Å². The summed E-state index contributed by atoms with van der Waals surface area (Å²) >= 11 is 3.85. The highest BCUT2D eigenvalue weighted by molar-refractivity contribution is 7.80. The number of aliphatic carboxylic acids is 2. The number of aromatic nitrogens is 3. The number of hydrogen-bond acceptors (Lipinski definition) is 13. The Morgan fingerprint density at radius 3 is 2.32 bits per heavy atom. The van der Waals surface area contributed by atoms with E-state index in [0.717, 1.165) is 0 Å². The molecule has 0 aliphatic carbocycles. The number of carbonyl (C=O) groups is 5. The molecule has 9 N–H and O–H groups in total. The maximum atomic E-state index is 12.7. The second-order valence-electron chi connectivity index (χ2n) is 10.7. The number of nitrogen functional groups attached to an aromatic ring is 1. The average molecular weight is 717 g/mol. The summed E-state index contributed by atoms with van der Waals surface area (Å²) in [5.74, 6) is -3.98. The van der Waals surface area contributed by atoms with Gasteiger partial charge in [0.25, 0.3) is 11.5 Å². The molecule has 50 heavy (non-hydrogen) atoms. The summed E-state index contributed by atoms with van der Waals surface area (Å²) in [6.45, 7) is 2.20. The number of nitrogens with two attached hydrogens (primary N) is 1. The molecule has 0 aliphatic heterocycles. The largest absolute Gasteiger partial charge is 0.480 e. The molecule has 1 aromatic carbocycles. The van der Waals surface area contributed by atoms with Crippen molar-refractivity contribution >= 4 is 64.8 Å². The maximum Gasteiger partial charge on any atom is 0.327 e. The van der Waals surface area contributed by atoms with Crippen LogP contribution in [0.2, 0.25) is 0 Å². The molecule has 0 saturated heterocycles. The third-order valence-electron chi connectivity index (χ3n) is 7.12. The van der Waals surface area contributed by atoms with Crippen molar-refractivity contribution in [3.63, 3.8) is 0 Å². The number of carbonyl (C=O) groups excluding carboxylic acids is 3. The molecule has 18 nitrogen and oxygen atoms in total. The first-order valence-electron chi connectivity index (χ1n) is 15.5. The Morgan fingerprint density at radius 2 is 1.66 bits per heavy atom. The number of ether oxygens (including phenoxy) is 2. The zero-order chi connectivity index (χ0) is 36.6. The predicted octanol–water partition coefficient (Wildman–Crippen LogP) is -0.313. The highest BCUT2D eigenvalue weighted by Crippen LogP contribution is 2.18. The molecular weight excluding hydrogens is 676 g/mol. The number of carboxylic acid groups (broad SMARTS) is 2. The van der Waals surface area contributed by atoms with Crippen molar-refractivity contribution in [2.45, 2.75) is 44.8 Å². The van der Waals surface area contributed by atoms with Gasteiger partial charge in [0.05, 0.1) is 38.3 Å². The molecule has 19 heteroatoms. The van der Waals surface area contributed by atoms with Gasteiger partial charge in [-0.2, -0.15) is 12.6 Å². The van der Waals surface area contributed by atoms with E-state index in [0.29, 0.717) is 28.9 Å². The molecule has 3 rings (SSSR count). The first-order chi connectivity index (χ1) is 23.9. The number of nitrogens with zero attached hydrogens (tertiary/aromatic N) is 2. The van der Waals surface area contributed by atoms with Crippen LogP contribution in [0.3, 0.4) is 0 Å². The van der Waals surface area contributed by atoms with Crippen LogP contribution < -0.4 is 32.6 Å². The van der Waals surface area contributed by atoms with E-state index in [9.17, 15) is 33.9 Å². The molecule has 2 aromatic heterocycles. The SMILES string of the molecule is CCc1c(N)[nH]c(=O)c2nc(CNc3ccc(C(=O)N[C@H](CCC(=O)NCCOCCOCC(=O)N[C@@H](CS)C(=O)O)C(=O)O)cc3)cnc12. The summed E-state index contributed by atoms with van der Waals surface area (Å²) in [5, 5.41) is 28.9. The number of hydrogen-bond donors (Lipinski definition) is 9. The Kier molecular flexibility index (Phi) is 15.4. The number of aromatic amines is 1. The second kappa shape index (κ2) is 19.7. The molecule has 0 bridgehead atoms. The van der Waals surface area contributed by atoms with E-state index < -0.39 is 47.3 Å². The number of rotatable bonds is 21. The highest BCUT2D eigenvalue weighted by Gasteiger charge is 2.22. The zero-order valence-corrected chi connectivity index (χ0v) is 28.1. The summed E-state index contributed by atoms with van der Waals surface area (Å²) in [6.07, 6.45) is 1.81. The van der Waals surface area contributed by atoms with Crippen LogP contribution in [0, 0.1) is 0 Å². The number of nitrogens with one attached hydrogen (secondary N) is 5. The van der Waals surface area contributed by atoms with E-state index in [-0.39, 0.29) is 75.0 Å². The van der Waals surface area contributed by atoms with Crippen molar-refractivity contribution in [3.8, 4) is 0 Å². The Hall–Kier alpha value is -5.27. The van der Waals surface area contributed by atoms with E-state index >= 15 is 0 Å². The fourth-order valence-corrected chi connectivity index (χ4v) is 4.74. The molecule has 0 unspecified atom stereocenters. The average Bonchev–Trinajstić information content (AvgIpc) is 3.09. The van der Waals surface area contributed by atoms with Crippen LogP contribution in [0.15, 0.2) is 35.3 Å². The van der Waals surface area contributed by atoms with E-state index in [1.807, 2.05) is 6.92 Å². The molecule has 3 amide bonds. The quantitative estimate of drug-likeness (QED) is 0.0505. The molecule has 0 spiro atoms. The molecule has 0 radical (unpaired) electrons. The highest BCUT2D eigenvalue weighted by atomic mass is 32.1. The Morgan fingerprint density at radius 1 is 0.960 bits per heavy atom. The summed E-state index contributed by atoms with van der Waals surface area (Å²) in [7, 11) is 0. The molecule has 0 saturated carbocycles. The van der Waals surface area contributed by atoms with E-state index in [4.69, 9.17) is 20.3 Å². The van der Waals surface area contributed by atoms with Crippen molar-refractivity contribution in [1.82, 2.24) is 30.9 Å². The normalized spacial score (nSPS) is 12.1. The smallest absolute Gasteiger partial charge is 0.327 e. The zero-order valence-electron chi connectivity index (χ0n) is 27.2. The minimum absolute atomic E-state index is 0.0549. The summed E-state index contributed by atoms with van der Waals surface area (Å²) in [4.78, 5) is 82.9. The van der Waals surface area contributed by atoms with Crippen molar-refractivity contribution in [2.75, 3.05) is 49.8 Å². The topological polar surface area (TPSA) is 277 Å². The lowest BCUT2D eigenvalue weighted by Gasteiger charge is -2.15. The van der Waals surface area contributed by atoms with Gasteiger partial charge < -0.3 is 51.7 Å². The molecule has 0 fully saturated rings. The molecule has 270 valence electrons. The summed E-state index contributed by atoms with van der Waals surface area (Å²) in [5.41, 5.74) is 8.15. The van der Waals surface area contributed by atoms with E-state index in [1.165, 1.54) is 12.1 Å². The van der Waals surface area contributed by atoms with Crippen molar-refractivity contribution in [3.05, 3.63) is 57.6 Å². The number of thiol groups is 1. The number of amides is 3. The lowest BCUT2D eigenvalue weighted by Crippen LogP contribution is -2.43. The van der Waals surface area contributed by atoms with Gasteiger partial charge in [0, 0.05) is 35.5 Å². The third-order valence-corrected chi connectivity index (χ3v) is 7.49. The standard InChI is InChI=1S/C31H40N8O10S/c1-2-20-25-26(29(43)39-27(20)32)36-19(14-35-25)13-34-18-5-3-17(4-6-18)28(42)38-21(30(44)45)7-8-23(40)33-9-10-48-11-12-49-15-24(41)37-22(16-50)31(46)47/h3-6,14,21-22,34,50H,2,7-13,15-16H2,1H3,(H,33,40)(H,37,41)(H,38,42)(H,44,45)(H,46,47)(H3,32,39,43)/t21-,22+/m1/s1. The van der Waals surface area contributed by atoms with Gasteiger partial charge in [-0.1, -0.05) is 6.92 Å². The lowest BCUT2D eigenvalue weighted by molar-refractivity contribution is -0.142. The van der Waals surface area contributed by atoms with Crippen LogP contribution in [0.4, 0.5) is 11.5 Å². The van der Waals surface area contributed by atoms with Gasteiger partial charge in [-0.15, -0.1) is 0 Å². The van der Waals surface area contributed by atoms with Gasteiger partial charge >= 0.3 is 11.9 Å². The molecule has 3 aromatic rings. The first-order valence-corrected chi connectivity index (χ1v) is 16.2. The number of benzene rings is 1. The maximum absolute atomic E-state index is 12.7. The Balaban J connectivity index is 1.36. The molecule has 2 atom stereocenters. The van der Waals surface area contributed by atoms with E-state index in [1.54, 1.807) is 18.3 Å². The third kappa shape index (κ3) is 12.0. The van der Waals surface area contributed by atoms with Crippen LogP contribution >= 0.6 is 12.6 Å². The van der Waals surface area contributed by atoms with Gasteiger partial charge in [0.1, 0.15) is 30.0 Å². The number of H-pyrrole nitrogens is 1. The van der Waals surface area contributed by atoms with Crippen LogP contribution in [0.25, 0.3) is 11.0 Å². The van der Waals surface area contributed by atoms with Crippen molar-refractivity contribution in [1.29, 1.82) is 0 Å². The van der Waals surface area contributed by atoms with Crippen molar-refractivity contribution in [2.24, 2.45) is 0 Å².